The van der Waals surface area contributed by atoms with Crippen molar-refractivity contribution in [2.24, 2.45) is 0 Å². The summed E-state index contributed by atoms with van der Waals surface area (Å²) < 4.78 is 6.64. The summed E-state index contributed by atoms with van der Waals surface area (Å²) in [6, 6.07) is 10.5. The molecule has 0 unspecified atom stereocenters. The number of amides is 1. The number of ether oxygens (including phenoxy) is 1. The lowest BCUT2D eigenvalue weighted by Gasteiger charge is -2.23. The van der Waals surface area contributed by atoms with Crippen LogP contribution in [0.25, 0.3) is 16.9 Å². The number of benzene rings is 1. The summed E-state index contributed by atoms with van der Waals surface area (Å²) >= 11 is 0. The predicted octanol–water partition coefficient (Wildman–Crippen LogP) is 1.72. The molecule has 1 aliphatic heterocycles. The summed E-state index contributed by atoms with van der Waals surface area (Å²) in [7, 11) is 0. The first-order valence-electron chi connectivity index (χ1n) is 9.13. The number of nitrogens with two attached hydrogens (primary N) is 1. The molecule has 1 amide bonds. The molecule has 4 N–H and O–H groups in total. The molecule has 0 atom stereocenters. The van der Waals surface area contributed by atoms with Crippen LogP contribution in [0, 0.1) is 0 Å². The summed E-state index contributed by atoms with van der Waals surface area (Å²) in [5, 5.41) is 5.90. The molecule has 0 bridgehead atoms. The Hall–Kier alpha value is -3.39. The number of nitrogens with one attached hydrogen (secondary N) is 2. The Labute approximate surface area is 161 Å². The molecule has 1 saturated heterocycles. The van der Waals surface area contributed by atoms with Crippen LogP contribution in [0.1, 0.15) is 23.2 Å². The highest BCUT2D eigenvalue weighted by Gasteiger charge is 2.17. The standard InChI is InChI=1S/C20H21N5O3/c21-15-4-1-13(2-5-15)17-12-23-25(20(17)27)18-6-3-14(11-22-18)19(26)24-16-7-9-28-10-8-16/h1-6,11-12,16,23H,7-10,21H2,(H,24,26). The minimum atomic E-state index is -0.225. The molecular weight excluding hydrogens is 358 g/mol. The average molecular weight is 379 g/mol. The van der Waals surface area contributed by atoms with Gasteiger partial charge in [-0.15, -0.1) is 0 Å². The van der Waals surface area contributed by atoms with Gasteiger partial charge in [0.05, 0.1) is 11.1 Å². The molecule has 3 heterocycles. The second-order valence-electron chi connectivity index (χ2n) is 6.71. The molecule has 8 heteroatoms. The largest absolute Gasteiger partial charge is 0.399 e. The summed E-state index contributed by atoms with van der Waals surface area (Å²) in [5.41, 5.74) is 7.84. The molecule has 1 aliphatic rings. The molecule has 0 saturated carbocycles. The van der Waals surface area contributed by atoms with Crippen LogP contribution in [0.3, 0.4) is 0 Å². The Morgan fingerprint density at radius 3 is 2.61 bits per heavy atom. The van der Waals surface area contributed by atoms with E-state index in [-0.39, 0.29) is 17.5 Å². The Morgan fingerprint density at radius 2 is 1.93 bits per heavy atom. The third-order valence-electron chi connectivity index (χ3n) is 4.79. The van der Waals surface area contributed by atoms with Crippen LogP contribution in [-0.2, 0) is 4.74 Å². The Kier molecular flexibility index (Phi) is 4.94. The van der Waals surface area contributed by atoms with E-state index < -0.39 is 0 Å². The number of aromatic nitrogens is 3. The first kappa shape index (κ1) is 18.0. The van der Waals surface area contributed by atoms with Crippen molar-refractivity contribution in [2.45, 2.75) is 18.9 Å². The quantitative estimate of drug-likeness (QED) is 0.597. The number of pyridine rings is 1. The van der Waals surface area contributed by atoms with Crippen molar-refractivity contribution >= 4 is 11.6 Å². The van der Waals surface area contributed by atoms with Crippen molar-refractivity contribution in [2.75, 3.05) is 18.9 Å². The summed E-state index contributed by atoms with van der Waals surface area (Å²) in [6.07, 6.45) is 4.72. The van der Waals surface area contributed by atoms with Crippen LogP contribution in [0.2, 0.25) is 0 Å². The van der Waals surface area contributed by atoms with Crippen molar-refractivity contribution < 1.29 is 9.53 Å². The van der Waals surface area contributed by atoms with Gasteiger partial charge in [-0.3, -0.25) is 14.7 Å². The van der Waals surface area contributed by atoms with Gasteiger partial charge in [0.25, 0.3) is 11.5 Å². The van der Waals surface area contributed by atoms with E-state index in [0.29, 0.717) is 35.8 Å². The number of rotatable bonds is 4. The zero-order chi connectivity index (χ0) is 19.5. The third kappa shape index (κ3) is 3.67. The monoisotopic (exact) mass is 379 g/mol. The molecule has 0 aliphatic carbocycles. The zero-order valence-electron chi connectivity index (χ0n) is 15.2. The highest BCUT2D eigenvalue weighted by atomic mass is 16.5. The number of anilines is 1. The molecule has 1 fully saturated rings. The van der Waals surface area contributed by atoms with Gasteiger partial charge in [-0.25, -0.2) is 9.67 Å². The number of H-pyrrole nitrogens is 1. The SMILES string of the molecule is Nc1ccc(-c2c[nH]n(-c3ccc(C(=O)NC4CCOCC4)cn3)c2=O)cc1. The van der Waals surface area contributed by atoms with E-state index in [4.69, 9.17) is 10.5 Å². The lowest BCUT2D eigenvalue weighted by molar-refractivity contribution is 0.0696. The van der Waals surface area contributed by atoms with Gasteiger partial charge < -0.3 is 15.8 Å². The van der Waals surface area contributed by atoms with Gasteiger partial charge in [0.1, 0.15) is 0 Å². The molecule has 4 rings (SSSR count). The number of carbonyl (C=O) groups is 1. The van der Waals surface area contributed by atoms with Gasteiger partial charge in [-0.1, -0.05) is 12.1 Å². The fourth-order valence-electron chi connectivity index (χ4n) is 3.17. The molecule has 1 aromatic carbocycles. The maximum Gasteiger partial charge on any atom is 0.280 e. The van der Waals surface area contributed by atoms with E-state index in [1.165, 1.54) is 10.9 Å². The number of aromatic amines is 1. The van der Waals surface area contributed by atoms with Crippen molar-refractivity contribution in [1.29, 1.82) is 0 Å². The van der Waals surface area contributed by atoms with E-state index in [2.05, 4.69) is 15.4 Å². The average Bonchev–Trinajstić information content (AvgIpc) is 3.11. The molecule has 0 radical (unpaired) electrons. The lowest BCUT2D eigenvalue weighted by atomic mass is 10.1. The highest BCUT2D eigenvalue weighted by molar-refractivity contribution is 5.94. The molecule has 3 aromatic rings. The van der Waals surface area contributed by atoms with Crippen LogP contribution in [0.5, 0.6) is 0 Å². The van der Waals surface area contributed by atoms with Crippen LogP contribution in [-0.4, -0.2) is 39.9 Å². The van der Waals surface area contributed by atoms with E-state index in [1.54, 1.807) is 42.6 Å². The minimum absolute atomic E-state index is 0.120. The number of nitrogen functional groups attached to an aromatic ring is 1. The topological polar surface area (TPSA) is 115 Å². The van der Waals surface area contributed by atoms with Gasteiger partial charge in [0.15, 0.2) is 5.82 Å². The smallest absolute Gasteiger partial charge is 0.280 e. The lowest BCUT2D eigenvalue weighted by Crippen LogP contribution is -2.38. The van der Waals surface area contributed by atoms with Crippen molar-refractivity contribution in [1.82, 2.24) is 20.1 Å². The molecular formula is C20H21N5O3. The van der Waals surface area contributed by atoms with E-state index in [0.717, 1.165) is 18.4 Å². The van der Waals surface area contributed by atoms with Gasteiger partial charge in [-0.05, 0) is 42.7 Å². The van der Waals surface area contributed by atoms with Gasteiger partial charge >= 0.3 is 0 Å². The number of hydrogen-bond acceptors (Lipinski definition) is 5. The van der Waals surface area contributed by atoms with Crippen LogP contribution in [0.15, 0.2) is 53.6 Å². The first-order valence-corrected chi connectivity index (χ1v) is 9.13. The molecule has 144 valence electrons. The number of carbonyl (C=O) groups excluding carboxylic acids is 1. The van der Waals surface area contributed by atoms with Gasteiger partial charge in [0.2, 0.25) is 0 Å². The van der Waals surface area contributed by atoms with Crippen molar-refractivity contribution in [3.63, 3.8) is 0 Å². The second-order valence-corrected chi connectivity index (χ2v) is 6.71. The molecule has 8 nitrogen and oxygen atoms in total. The van der Waals surface area contributed by atoms with Crippen LogP contribution < -0.4 is 16.6 Å². The maximum absolute atomic E-state index is 12.7. The zero-order valence-corrected chi connectivity index (χ0v) is 15.2. The Balaban J connectivity index is 1.52. The van der Waals surface area contributed by atoms with Crippen molar-refractivity contribution in [3.05, 3.63) is 64.7 Å². The van der Waals surface area contributed by atoms with Gasteiger partial charge in [0, 0.05) is 37.3 Å². The highest BCUT2D eigenvalue weighted by Crippen LogP contribution is 2.17. The predicted molar refractivity (Wildman–Crippen MR) is 105 cm³/mol. The van der Waals surface area contributed by atoms with Crippen molar-refractivity contribution in [3.8, 4) is 16.9 Å². The fourth-order valence-corrected chi connectivity index (χ4v) is 3.17. The number of nitrogens with zero attached hydrogens (tertiary/aromatic N) is 2. The second kappa shape index (κ2) is 7.69. The van der Waals surface area contributed by atoms with E-state index in [9.17, 15) is 9.59 Å². The van der Waals surface area contributed by atoms with Crippen LogP contribution in [0.4, 0.5) is 5.69 Å². The van der Waals surface area contributed by atoms with E-state index >= 15 is 0 Å². The summed E-state index contributed by atoms with van der Waals surface area (Å²) in [4.78, 5) is 29.3. The van der Waals surface area contributed by atoms with E-state index in [1.807, 2.05) is 0 Å². The summed E-state index contributed by atoms with van der Waals surface area (Å²) in [6.45, 7) is 1.32. The number of hydrogen-bond donors (Lipinski definition) is 3. The first-order chi connectivity index (χ1) is 13.6. The molecule has 0 spiro atoms. The fraction of sp³-hybridized carbons (Fsp3) is 0.250. The maximum atomic E-state index is 12.7. The Morgan fingerprint density at radius 1 is 1.18 bits per heavy atom. The van der Waals surface area contributed by atoms with Gasteiger partial charge in [-0.2, -0.15) is 0 Å². The normalized spacial score (nSPS) is 14.7. The Bertz CT molecular complexity index is 1020. The summed E-state index contributed by atoms with van der Waals surface area (Å²) in [5.74, 6) is 0.238. The molecule has 28 heavy (non-hydrogen) atoms. The minimum Gasteiger partial charge on any atom is -0.399 e. The van der Waals surface area contributed by atoms with Crippen LogP contribution >= 0.6 is 0 Å². The molecule has 2 aromatic heterocycles. The third-order valence-corrected chi connectivity index (χ3v) is 4.79.